The highest BCUT2D eigenvalue weighted by Gasteiger charge is 2.31. The van der Waals surface area contributed by atoms with E-state index in [2.05, 4.69) is 10.3 Å². The molecule has 5 nitrogen and oxygen atoms in total. The largest absolute Gasteiger partial charge is 0.444 e. The van der Waals surface area contributed by atoms with Crippen molar-refractivity contribution in [3.8, 4) is 0 Å². The maximum absolute atomic E-state index is 12.2. The Morgan fingerprint density at radius 1 is 1.52 bits per heavy atom. The molecule has 0 saturated carbocycles. The Balaban J connectivity index is 1.91. The summed E-state index contributed by atoms with van der Waals surface area (Å²) in [5.74, 6) is 0.721. The third kappa shape index (κ3) is 4.77. The number of aromatic nitrogens is 1. The molecule has 1 aliphatic heterocycles. The molecule has 2 heterocycles. The lowest BCUT2D eigenvalue weighted by Gasteiger charge is -2.28. The third-order valence-electron chi connectivity index (χ3n) is 3.24. The van der Waals surface area contributed by atoms with Crippen LogP contribution in [0.5, 0.6) is 0 Å². The zero-order valence-electron chi connectivity index (χ0n) is 12.7. The Morgan fingerprint density at radius 3 is 2.95 bits per heavy atom. The van der Waals surface area contributed by atoms with Gasteiger partial charge in [0, 0.05) is 13.1 Å². The summed E-state index contributed by atoms with van der Waals surface area (Å²) in [6, 6.07) is 5.56. The van der Waals surface area contributed by atoms with Crippen LogP contribution in [0.2, 0.25) is 5.15 Å². The zero-order valence-corrected chi connectivity index (χ0v) is 13.5. The van der Waals surface area contributed by atoms with Gasteiger partial charge < -0.3 is 15.0 Å². The van der Waals surface area contributed by atoms with Crippen LogP contribution >= 0.6 is 11.6 Å². The van der Waals surface area contributed by atoms with E-state index in [1.54, 1.807) is 11.0 Å². The SMILES string of the molecule is CC(C)(C)OC(=O)N1CCCC1CNc1cccc(Cl)n1. The molecular weight excluding hydrogens is 290 g/mol. The van der Waals surface area contributed by atoms with E-state index in [4.69, 9.17) is 16.3 Å². The molecule has 21 heavy (non-hydrogen) atoms. The van der Waals surface area contributed by atoms with E-state index in [1.165, 1.54) is 0 Å². The van der Waals surface area contributed by atoms with E-state index in [-0.39, 0.29) is 12.1 Å². The average Bonchev–Trinajstić information content (AvgIpc) is 2.83. The number of amides is 1. The van der Waals surface area contributed by atoms with Gasteiger partial charge >= 0.3 is 6.09 Å². The van der Waals surface area contributed by atoms with Gasteiger partial charge in [-0.2, -0.15) is 0 Å². The number of anilines is 1. The van der Waals surface area contributed by atoms with E-state index < -0.39 is 5.60 Å². The second kappa shape index (κ2) is 6.52. The smallest absolute Gasteiger partial charge is 0.410 e. The first kappa shape index (κ1) is 15.9. The molecule has 1 N–H and O–H groups in total. The Hall–Kier alpha value is -1.49. The number of likely N-dealkylation sites (tertiary alicyclic amines) is 1. The van der Waals surface area contributed by atoms with Crippen molar-refractivity contribution in [3.05, 3.63) is 23.4 Å². The summed E-state index contributed by atoms with van der Waals surface area (Å²) in [7, 11) is 0. The number of carbonyl (C=O) groups is 1. The number of nitrogens with one attached hydrogen (secondary N) is 1. The van der Waals surface area contributed by atoms with E-state index in [0.29, 0.717) is 11.7 Å². The molecular formula is C15H22ClN3O2. The third-order valence-corrected chi connectivity index (χ3v) is 3.45. The predicted octanol–water partition coefficient (Wildman–Crippen LogP) is 3.55. The zero-order chi connectivity index (χ0) is 15.5. The van der Waals surface area contributed by atoms with Gasteiger partial charge in [0.05, 0.1) is 6.04 Å². The van der Waals surface area contributed by atoms with Gasteiger partial charge in [-0.15, -0.1) is 0 Å². The molecule has 0 bridgehead atoms. The molecule has 6 heteroatoms. The van der Waals surface area contributed by atoms with Crippen LogP contribution in [-0.4, -0.2) is 40.7 Å². The fraction of sp³-hybridized carbons (Fsp3) is 0.600. The topological polar surface area (TPSA) is 54.5 Å². The number of hydrogen-bond donors (Lipinski definition) is 1. The van der Waals surface area contributed by atoms with Crippen LogP contribution in [0.3, 0.4) is 0 Å². The van der Waals surface area contributed by atoms with E-state index in [1.807, 2.05) is 32.9 Å². The van der Waals surface area contributed by atoms with Gasteiger partial charge in [-0.1, -0.05) is 17.7 Å². The first-order chi connectivity index (χ1) is 9.85. The van der Waals surface area contributed by atoms with Crippen molar-refractivity contribution < 1.29 is 9.53 Å². The van der Waals surface area contributed by atoms with Crippen LogP contribution in [0, 0.1) is 0 Å². The van der Waals surface area contributed by atoms with Crippen molar-refractivity contribution >= 4 is 23.5 Å². The molecule has 1 aromatic heterocycles. The van der Waals surface area contributed by atoms with Gasteiger partial charge in [-0.25, -0.2) is 9.78 Å². The summed E-state index contributed by atoms with van der Waals surface area (Å²) in [5.41, 5.74) is -0.466. The monoisotopic (exact) mass is 311 g/mol. The molecule has 1 atom stereocenters. The Labute approximate surface area is 130 Å². The highest BCUT2D eigenvalue weighted by molar-refractivity contribution is 6.29. The number of pyridine rings is 1. The molecule has 2 rings (SSSR count). The van der Waals surface area contributed by atoms with Crippen molar-refractivity contribution in [2.24, 2.45) is 0 Å². The molecule has 1 unspecified atom stereocenters. The highest BCUT2D eigenvalue weighted by atomic mass is 35.5. The molecule has 1 saturated heterocycles. The summed E-state index contributed by atoms with van der Waals surface area (Å²) in [6.07, 6.45) is 1.72. The van der Waals surface area contributed by atoms with Crippen molar-refractivity contribution in [2.45, 2.75) is 45.3 Å². The summed E-state index contributed by atoms with van der Waals surface area (Å²) in [4.78, 5) is 18.2. The lowest BCUT2D eigenvalue weighted by atomic mass is 10.2. The lowest BCUT2D eigenvalue weighted by Crippen LogP contribution is -2.42. The molecule has 1 aromatic rings. The molecule has 0 aromatic carbocycles. The molecule has 0 spiro atoms. The summed E-state index contributed by atoms with van der Waals surface area (Å²) < 4.78 is 5.45. The van der Waals surface area contributed by atoms with Crippen LogP contribution < -0.4 is 5.32 Å². The Bertz CT molecular complexity index is 502. The number of rotatable bonds is 3. The minimum absolute atomic E-state index is 0.126. The first-order valence-electron chi connectivity index (χ1n) is 7.21. The lowest BCUT2D eigenvalue weighted by molar-refractivity contribution is 0.0235. The number of hydrogen-bond acceptors (Lipinski definition) is 4. The van der Waals surface area contributed by atoms with Gasteiger partial charge in [0.2, 0.25) is 0 Å². The minimum Gasteiger partial charge on any atom is -0.444 e. The standard InChI is InChI=1S/C15H22ClN3O2/c1-15(2,3)21-14(20)19-9-5-6-11(19)10-17-13-8-4-7-12(16)18-13/h4,7-8,11H,5-6,9-10H2,1-3H3,(H,17,18). The minimum atomic E-state index is -0.466. The predicted molar refractivity (Wildman–Crippen MR) is 83.7 cm³/mol. The van der Waals surface area contributed by atoms with Crippen LogP contribution in [0.25, 0.3) is 0 Å². The van der Waals surface area contributed by atoms with Gasteiger partial charge in [-0.05, 0) is 45.7 Å². The summed E-state index contributed by atoms with van der Waals surface area (Å²) in [6.45, 7) is 7.02. The molecule has 1 amide bonds. The van der Waals surface area contributed by atoms with Crippen molar-refractivity contribution in [1.82, 2.24) is 9.88 Å². The highest BCUT2D eigenvalue weighted by Crippen LogP contribution is 2.21. The van der Waals surface area contributed by atoms with Crippen molar-refractivity contribution in [3.63, 3.8) is 0 Å². The van der Waals surface area contributed by atoms with Crippen LogP contribution in [0.4, 0.5) is 10.6 Å². The normalized spacial score (nSPS) is 18.7. The maximum Gasteiger partial charge on any atom is 0.410 e. The number of halogens is 1. The quantitative estimate of drug-likeness (QED) is 0.867. The van der Waals surface area contributed by atoms with Gasteiger partial charge in [0.25, 0.3) is 0 Å². The van der Waals surface area contributed by atoms with Gasteiger partial charge in [0.1, 0.15) is 16.6 Å². The number of carbonyl (C=O) groups excluding carboxylic acids is 1. The van der Waals surface area contributed by atoms with E-state index in [9.17, 15) is 4.79 Å². The van der Waals surface area contributed by atoms with Crippen molar-refractivity contribution in [1.29, 1.82) is 0 Å². The molecule has 0 radical (unpaired) electrons. The van der Waals surface area contributed by atoms with Crippen LogP contribution in [0.1, 0.15) is 33.6 Å². The van der Waals surface area contributed by atoms with Gasteiger partial charge in [0.15, 0.2) is 0 Å². The number of ether oxygens (including phenoxy) is 1. The summed E-state index contributed by atoms with van der Waals surface area (Å²) in [5, 5.41) is 3.68. The average molecular weight is 312 g/mol. The molecule has 1 aliphatic rings. The second-order valence-electron chi connectivity index (χ2n) is 6.20. The summed E-state index contributed by atoms with van der Waals surface area (Å²) >= 11 is 5.86. The van der Waals surface area contributed by atoms with Gasteiger partial charge in [-0.3, -0.25) is 0 Å². The Kier molecular flexibility index (Phi) is 4.93. The van der Waals surface area contributed by atoms with E-state index in [0.717, 1.165) is 25.2 Å². The Morgan fingerprint density at radius 2 is 2.29 bits per heavy atom. The van der Waals surface area contributed by atoms with E-state index >= 15 is 0 Å². The second-order valence-corrected chi connectivity index (χ2v) is 6.58. The fourth-order valence-electron chi connectivity index (χ4n) is 2.34. The van der Waals surface area contributed by atoms with Crippen molar-refractivity contribution in [2.75, 3.05) is 18.4 Å². The van der Waals surface area contributed by atoms with Crippen LogP contribution in [-0.2, 0) is 4.74 Å². The van der Waals surface area contributed by atoms with Crippen LogP contribution in [0.15, 0.2) is 18.2 Å². The molecule has 0 aliphatic carbocycles. The maximum atomic E-state index is 12.2. The first-order valence-corrected chi connectivity index (χ1v) is 7.59. The molecule has 116 valence electrons. The number of nitrogens with zero attached hydrogens (tertiary/aromatic N) is 2. The molecule has 1 fully saturated rings. The fourth-order valence-corrected chi connectivity index (χ4v) is 2.50.